The molecular weight excluding hydrogens is 242 g/mol. The maximum absolute atomic E-state index is 12.9. The summed E-state index contributed by atoms with van der Waals surface area (Å²) < 4.78 is 0. The van der Waals surface area contributed by atoms with Crippen molar-refractivity contribution in [2.75, 3.05) is 6.54 Å². The highest BCUT2D eigenvalue weighted by molar-refractivity contribution is 6.06. The van der Waals surface area contributed by atoms with E-state index in [2.05, 4.69) is 12.1 Å². The van der Waals surface area contributed by atoms with E-state index in [1.165, 1.54) is 12.8 Å². The normalized spacial score (nSPS) is 22.2. The van der Waals surface area contributed by atoms with Crippen molar-refractivity contribution in [2.45, 2.75) is 65.3 Å². The second kappa shape index (κ2) is 6.78. The average molecular weight is 269 g/mol. The Morgan fingerprint density at radius 3 is 2.53 bits per heavy atom. The van der Waals surface area contributed by atoms with Crippen LogP contribution < -0.4 is 5.73 Å². The first-order chi connectivity index (χ1) is 9.03. The first-order valence-electron chi connectivity index (χ1n) is 7.32. The zero-order valence-corrected chi connectivity index (χ0v) is 12.4. The minimum atomic E-state index is -0.854. The predicted octanol–water partition coefficient (Wildman–Crippen LogP) is 2.33. The standard InChI is InChI=1S/C14H27N3O2/c1-4-14(5-2,12(15)16-19)13(18)17-10-8-6-7-9-11(17)3/h11,19H,4-10H2,1-3H3,(H2,15,16). The number of amides is 1. The average Bonchev–Trinajstić information content (AvgIpc) is 2.64. The van der Waals surface area contributed by atoms with Gasteiger partial charge in [0.2, 0.25) is 5.91 Å². The van der Waals surface area contributed by atoms with E-state index >= 15 is 0 Å². The van der Waals surface area contributed by atoms with Crippen LogP contribution in [0.2, 0.25) is 0 Å². The summed E-state index contributed by atoms with van der Waals surface area (Å²) in [4.78, 5) is 14.8. The number of hydrogen-bond acceptors (Lipinski definition) is 3. The molecule has 1 atom stereocenters. The van der Waals surface area contributed by atoms with Crippen LogP contribution in [0.4, 0.5) is 0 Å². The van der Waals surface area contributed by atoms with E-state index < -0.39 is 5.41 Å². The zero-order chi connectivity index (χ0) is 14.5. The van der Waals surface area contributed by atoms with Gasteiger partial charge in [-0.2, -0.15) is 0 Å². The minimum absolute atomic E-state index is 0.0159. The van der Waals surface area contributed by atoms with Crippen LogP contribution in [-0.4, -0.2) is 34.4 Å². The number of likely N-dealkylation sites (tertiary alicyclic amines) is 1. The Morgan fingerprint density at radius 1 is 1.37 bits per heavy atom. The van der Waals surface area contributed by atoms with E-state index in [4.69, 9.17) is 10.9 Å². The Hall–Kier alpha value is -1.26. The van der Waals surface area contributed by atoms with Crippen molar-refractivity contribution >= 4 is 11.7 Å². The van der Waals surface area contributed by atoms with Crippen LogP contribution in [0, 0.1) is 5.41 Å². The molecule has 0 aromatic rings. The molecule has 1 amide bonds. The molecule has 19 heavy (non-hydrogen) atoms. The van der Waals surface area contributed by atoms with Gasteiger partial charge in [0.15, 0.2) is 5.84 Å². The molecule has 0 saturated carbocycles. The van der Waals surface area contributed by atoms with Crippen molar-refractivity contribution in [1.29, 1.82) is 0 Å². The molecule has 1 saturated heterocycles. The summed E-state index contributed by atoms with van der Waals surface area (Å²) in [6.07, 6.45) is 5.52. The van der Waals surface area contributed by atoms with Gasteiger partial charge in [-0.1, -0.05) is 31.8 Å². The fraction of sp³-hybridized carbons (Fsp3) is 0.857. The Balaban J connectivity index is 3.05. The number of amidine groups is 1. The molecular formula is C14H27N3O2. The van der Waals surface area contributed by atoms with Gasteiger partial charge < -0.3 is 15.8 Å². The Kier molecular flexibility index (Phi) is 5.63. The van der Waals surface area contributed by atoms with Crippen molar-refractivity contribution < 1.29 is 10.0 Å². The molecule has 0 radical (unpaired) electrons. The van der Waals surface area contributed by atoms with Crippen molar-refractivity contribution in [3.05, 3.63) is 0 Å². The number of nitrogens with two attached hydrogens (primary N) is 1. The summed E-state index contributed by atoms with van der Waals surface area (Å²) in [5.41, 5.74) is 4.96. The smallest absolute Gasteiger partial charge is 0.236 e. The van der Waals surface area contributed by atoms with Gasteiger partial charge in [-0.15, -0.1) is 0 Å². The molecule has 1 aliphatic rings. The van der Waals surface area contributed by atoms with E-state index in [1.54, 1.807) is 0 Å². The lowest BCUT2D eigenvalue weighted by molar-refractivity contribution is -0.140. The third-order valence-electron chi connectivity index (χ3n) is 4.53. The molecule has 3 N–H and O–H groups in total. The third kappa shape index (κ3) is 3.01. The molecule has 0 aliphatic carbocycles. The lowest BCUT2D eigenvalue weighted by Gasteiger charge is -2.37. The Labute approximate surface area is 115 Å². The minimum Gasteiger partial charge on any atom is -0.409 e. The van der Waals surface area contributed by atoms with Crippen molar-refractivity contribution in [3.63, 3.8) is 0 Å². The van der Waals surface area contributed by atoms with Crippen molar-refractivity contribution in [1.82, 2.24) is 4.90 Å². The highest BCUT2D eigenvalue weighted by atomic mass is 16.4. The van der Waals surface area contributed by atoms with E-state index in [1.807, 2.05) is 18.7 Å². The summed E-state index contributed by atoms with van der Waals surface area (Å²) in [7, 11) is 0. The summed E-state index contributed by atoms with van der Waals surface area (Å²) >= 11 is 0. The quantitative estimate of drug-likeness (QED) is 0.356. The van der Waals surface area contributed by atoms with Crippen LogP contribution in [0.5, 0.6) is 0 Å². The maximum atomic E-state index is 12.9. The highest BCUT2D eigenvalue weighted by Gasteiger charge is 2.43. The van der Waals surface area contributed by atoms with E-state index in [9.17, 15) is 4.79 Å². The molecule has 1 heterocycles. The summed E-state index contributed by atoms with van der Waals surface area (Å²) in [5, 5.41) is 12.1. The fourth-order valence-electron chi connectivity index (χ4n) is 2.97. The molecule has 0 aromatic heterocycles. The van der Waals surface area contributed by atoms with Gasteiger partial charge >= 0.3 is 0 Å². The van der Waals surface area contributed by atoms with Crippen LogP contribution in [0.1, 0.15) is 59.3 Å². The Morgan fingerprint density at radius 2 is 2.00 bits per heavy atom. The SMILES string of the molecule is CCC(CC)(C(=O)N1CCCCCC1C)C(N)=NO. The fourth-order valence-corrected chi connectivity index (χ4v) is 2.97. The van der Waals surface area contributed by atoms with Gasteiger partial charge in [0, 0.05) is 12.6 Å². The van der Waals surface area contributed by atoms with Crippen LogP contribution in [-0.2, 0) is 4.79 Å². The summed E-state index contributed by atoms with van der Waals surface area (Å²) in [5.74, 6) is 0.0566. The zero-order valence-electron chi connectivity index (χ0n) is 12.4. The molecule has 5 heteroatoms. The monoisotopic (exact) mass is 269 g/mol. The molecule has 5 nitrogen and oxygen atoms in total. The largest absolute Gasteiger partial charge is 0.409 e. The number of carbonyl (C=O) groups excluding carboxylic acids is 1. The van der Waals surface area contributed by atoms with Crippen LogP contribution in [0.15, 0.2) is 5.16 Å². The van der Waals surface area contributed by atoms with Gasteiger partial charge in [-0.05, 0) is 32.6 Å². The van der Waals surface area contributed by atoms with Crippen molar-refractivity contribution in [2.24, 2.45) is 16.3 Å². The summed E-state index contributed by atoms with van der Waals surface area (Å²) in [6, 6.07) is 0.235. The third-order valence-corrected chi connectivity index (χ3v) is 4.53. The molecule has 1 unspecified atom stereocenters. The second-order valence-electron chi connectivity index (χ2n) is 5.47. The van der Waals surface area contributed by atoms with Crippen LogP contribution in [0.3, 0.4) is 0 Å². The second-order valence-corrected chi connectivity index (χ2v) is 5.47. The maximum Gasteiger partial charge on any atom is 0.236 e. The van der Waals surface area contributed by atoms with Gasteiger partial charge in [-0.25, -0.2) is 0 Å². The number of rotatable bonds is 4. The summed E-state index contributed by atoms with van der Waals surface area (Å²) in [6.45, 7) is 6.70. The molecule has 110 valence electrons. The van der Waals surface area contributed by atoms with Gasteiger partial charge in [0.1, 0.15) is 5.41 Å². The first-order valence-corrected chi connectivity index (χ1v) is 7.32. The lowest BCUT2D eigenvalue weighted by atomic mass is 9.79. The predicted molar refractivity (Wildman–Crippen MR) is 76.1 cm³/mol. The highest BCUT2D eigenvalue weighted by Crippen LogP contribution is 2.32. The lowest BCUT2D eigenvalue weighted by Crippen LogP contribution is -2.53. The van der Waals surface area contributed by atoms with Gasteiger partial charge in [0.25, 0.3) is 0 Å². The van der Waals surface area contributed by atoms with Crippen LogP contribution >= 0.6 is 0 Å². The first kappa shape index (κ1) is 15.8. The number of oxime groups is 1. The number of hydrogen-bond donors (Lipinski definition) is 2. The molecule has 0 spiro atoms. The number of nitrogens with zero attached hydrogens (tertiary/aromatic N) is 2. The molecule has 1 rings (SSSR count). The van der Waals surface area contributed by atoms with E-state index in [-0.39, 0.29) is 17.8 Å². The van der Waals surface area contributed by atoms with Crippen LogP contribution in [0.25, 0.3) is 0 Å². The molecule has 1 fully saturated rings. The van der Waals surface area contributed by atoms with E-state index in [0.29, 0.717) is 12.8 Å². The Bertz CT molecular complexity index is 338. The topological polar surface area (TPSA) is 78.9 Å². The van der Waals surface area contributed by atoms with E-state index in [0.717, 1.165) is 19.4 Å². The van der Waals surface area contributed by atoms with Crippen molar-refractivity contribution in [3.8, 4) is 0 Å². The number of carbonyl (C=O) groups is 1. The molecule has 0 bridgehead atoms. The van der Waals surface area contributed by atoms with Gasteiger partial charge in [-0.3, -0.25) is 4.79 Å². The molecule has 1 aliphatic heterocycles. The molecule has 0 aromatic carbocycles. The van der Waals surface area contributed by atoms with Gasteiger partial charge in [0.05, 0.1) is 0 Å².